The Balaban J connectivity index is 1.06. The number of rotatable bonds is 14. The van der Waals surface area contributed by atoms with Gasteiger partial charge in [0.2, 0.25) is 11.8 Å². The first-order chi connectivity index (χ1) is 33.2. The van der Waals surface area contributed by atoms with Gasteiger partial charge in [-0.3, -0.25) is 9.59 Å². The van der Waals surface area contributed by atoms with Crippen molar-refractivity contribution in [1.82, 2.24) is 40.4 Å². The lowest BCUT2D eigenvalue weighted by Crippen LogP contribution is -2.52. The molecule has 4 amide bonds. The molecule has 4 bridgehead atoms. The fraction of sp³-hybridized carbons (Fsp3) is 0.577. The maximum absolute atomic E-state index is 14.6. The van der Waals surface area contributed by atoms with Crippen molar-refractivity contribution in [2.75, 3.05) is 38.2 Å². The first-order valence-corrected chi connectivity index (χ1v) is 27.6. The third kappa shape index (κ3) is 10.2. The highest BCUT2D eigenvalue weighted by atomic mass is 32.2. The number of aromatic amines is 2. The minimum absolute atomic E-state index is 0.0650. The minimum atomic E-state index is -0.684. The van der Waals surface area contributed by atoms with E-state index in [0.29, 0.717) is 24.7 Å². The Morgan fingerprint density at radius 3 is 1.46 bits per heavy atom. The van der Waals surface area contributed by atoms with Crippen LogP contribution in [0, 0.1) is 11.8 Å². The first-order valence-electron chi connectivity index (χ1n) is 24.8. The number of nitrogens with one attached hydrogen (secondary N) is 4. The van der Waals surface area contributed by atoms with Crippen LogP contribution in [-0.2, 0) is 44.7 Å². The number of H-pyrrole nitrogens is 2. The van der Waals surface area contributed by atoms with Crippen molar-refractivity contribution < 1.29 is 28.7 Å². The smallest absolute Gasteiger partial charge is 0.407 e. The molecule has 0 radical (unpaired) electrons. The molecule has 12 rings (SSSR count). The normalized spacial score (nSPS) is 24.1. The van der Waals surface area contributed by atoms with E-state index in [1.54, 1.807) is 23.5 Å². The monoisotopic (exact) mass is 964 g/mol. The molecule has 68 heavy (non-hydrogen) atoms. The number of thioether (sulfide) groups is 2. The molecule has 2 saturated carbocycles. The Bertz CT molecular complexity index is 2260. The van der Waals surface area contributed by atoms with Gasteiger partial charge in [0, 0.05) is 35.6 Å². The number of ether oxygens (including phenoxy) is 2. The number of alkyl carbamates (subject to hydrolysis) is 2. The van der Waals surface area contributed by atoms with E-state index >= 15 is 0 Å². The summed E-state index contributed by atoms with van der Waals surface area (Å²) in [6, 6.07) is 12.0. The lowest BCUT2D eigenvalue weighted by Gasteiger charge is -2.36. The number of hydrogen-bond acceptors (Lipinski definition) is 10. The van der Waals surface area contributed by atoms with E-state index in [1.165, 1.54) is 25.3 Å². The van der Waals surface area contributed by atoms with Crippen LogP contribution in [0.3, 0.4) is 0 Å². The summed E-state index contributed by atoms with van der Waals surface area (Å²) >= 11 is 3.31. The zero-order valence-electron chi connectivity index (χ0n) is 40.0. The summed E-state index contributed by atoms with van der Waals surface area (Å²) in [5.41, 5.74) is 8.73. The number of nitrogens with zero attached hydrogens (tertiary/aromatic N) is 4. The number of likely N-dealkylation sites (tertiary alicyclic amines) is 2. The van der Waals surface area contributed by atoms with Crippen molar-refractivity contribution in [2.45, 2.75) is 139 Å². The van der Waals surface area contributed by atoms with E-state index in [1.807, 2.05) is 24.9 Å². The summed E-state index contributed by atoms with van der Waals surface area (Å²) in [6.45, 7) is 0. The Morgan fingerprint density at radius 1 is 0.647 bits per heavy atom. The lowest BCUT2D eigenvalue weighted by molar-refractivity contribution is -0.138. The van der Waals surface area contributed by atoms with Crippen molar-refractivity contribution in [3.05, 3.63) is 82.7 Å². The molecule has 14 nitrogen and oxygen atoms in total. The van der Waals surface area contributed by atoms with Gasteiger partial charge in [0.25, 0.3) is 0 Å². The zero-order chi connectivity index (χ0) is 47.3. The Hall–Kier alpha value is -4.96. The van der Waals surface area contributed by atoms with E-state index in [4.69, 9.17) is 19.4 Å². The summed E-state index contributed by atoms with van der Waals surface area (Å²) in [5.74, 6) is 3.65. The molecule has 2 saturated heterocycles. The van der Waals surface area contributed by atoms with Gasteiger partial charge in [0.15, 0.2) is 0 Å². The molecular formula is C52H68N8O6S2. The zero-order valence-corrected chi connectivity index (χ0v) is 41.7. The number of aromatic nitrogens is 4. The van der Waals surface area contributed by atoms with Crippen LogP contribution in [0.15, 0.2) is 48.8 Å². The van der Waals surface area contributed by atoms with Gasteiger partial charge in [-0.1, -0.05) is 49.9 Å². The summed E-state index contributed by atoms with van der Waals surface area (Å²) in [5, 5.41) is 5.73. The second kappa shape index (κ2) is 21.8. The Kier molecular flexibility index (Phi) is 15.4. The van der Waals surface area contributed by atoms with E-state index in [2.05, 4.69) is 66.8 Å². The third-order valence-electron chi connectivity index (χ3n) is 15.6. The van der Waals surface area contributed by atoms with E-state index < -0.39 is 24.3 Å². The third-order valence-corrected chi connectivity index (χ3v) is 16.8. The van der Waals surface area contributed by atoms with E-state index in [9.17, 15) is 19.2 Å². The highest BCUT2D eigenvalue weighted by Crippen LogP contribution is 2.48. The van der Waals surface area contributed by atoms with Gasteiger partial charge in [0.05, 0.1) is 37.7 Å². The van der Waals surface area contributed by atoms with Gasteiger partial charge in [0.1, 0.15) is 23.7 Å². The summed E-state index contributed by atoms with van der Waals surface area (Å²) in [7, 11) is 2.67. The summed E-state index contributed by atoms with van der Waals surface area (Å²) < 4.78 is 9.94. The number of methoxy groups -OCH3 is 2. The predicted molar refractivity (Wildman–Crippen MR) is 267 cm³/mol. The average Bonchev–Trinajstić information content (AvgIpc) is 4.19. The van der Waals surface area contributed by atoms with Crippen molar-refractivity contribution in [3.63, 3.8) is 0 Å². The van der Waals surface area contributed by atoms with Crippen LogP contribution in [-0.4, -0.2) is 116 Å². The molecule has 4 N–H and O–H groups in total. The number of hydrogen-bond donors (Lipinski definition) is 4. The predicted octanol–water partition coefficient (Wildman–Crippen LogP) is 8.97. The number of carbonyl (C=O) groups is 4. The van der Waals surface area contributed by atoms with Gasteiger partial charge >= 0.3 is 12.2 Å². The van der Waals surface area contributed by atoms with Crippen LogP contribution in [0.25, 0.3) is 22.5 Å². The SMILES string of the molecule is COC(=O)N[C@@H](CCSC)C(=O)N1C2CCCCC2C[C@H]1c1nc(-c2cc3c(-c4c[nH]c([C@@H]5CC6CCCCC6N5C(=O)[C@H](CCSC)NC(=O)OC)n4)cc2CCc2ccc(cc2)CC3)c[nH]1. The highest BCUT2D eigenvalue weighted by molar-refractivity contribution is 7.98. The van der Waals surface area contributed by atoms with Crippen LogP contribution in [0.4, 0.5) is 9.59 Å². The Labute approximate surface area is 409 Å². The maximum atomic E-state index is 14.6. The molecule has 6 aliphatic carbocycles. The molecule has 364 valence electrons. The maximum Gasteiger partial charge on any atom is 0.407 e. The number of benzene rings is 2. The quantitative estimate of drug-likeness (QED) is 0.0955. The van der Waals surface area contributed by atoms with E-state index in [0.717, 1.165) is 147 Å². The van der Waals surface area contributed by atoms with Crippen molar-refractivity contribution in [2.24, 2.45) is 11.8 Å². The molecular weight excluding hydrogens is 897 g/mol. The number of aryl methyl sites for hydroxylation is 4. The van der Waals surface area contributed by atoms with Crippen LogP contribution in [0.1, 0.15) is 123 Å². The topological polar surface area (TPSA) is 175 Å². The molecule has 4 aromatic rings. The Morgan fingerprint density at radius 2 is 1.06 bits per heavy atom. The van der Waals surface area contributed by atoms with Crippen LogP contribution in [0.2, 0.25) is 0 Å². The van der Waals surface area contributed by atoms with Gasteiger partial charge in [-0.2, -0.15) is 23.5 Å². The number of amides is 4. The molecule has 8 aliphatic rings. The largest absolute Gasteiger partial charge is 0.453 e. The number of carbonyl (C=O) groups excluding carboxylic acids is 4. The number of fused-ring (bicyclic) bond motifs is 2. The highest BCUT2D eigenvalue weighted by Gasteiger charge is 2.49. The fourth-order valence-electron chi connectivity index (χ4n) is 12.1. The van der Waals surface area contributed by atoms with Crippen LogP contribution < -0.4 is 10.6 Å². The minimum Gasteiger partial charge on any atom is -0.453 e. The van der Waals surface area contributed by atoms with Gasteiger partial charge < -0.3 is 39.9 Å². The van der Waals surface area contributed by atoms with Crippen molar-refractivity contribution >= 4 is 47.5 Å². The van der Waals surface area contributed by atoms with Crippen LogP contribution >= 0.6 is 23.5 Å². The van der Waals surface area contributed by atoms with Gasteiger partial charge in [-0.05, 0) is 147 Å². The van der Waals surface area contributed by atoms with Crippen molar-refractivity contribution in [1.29, 1.82) is 0 Å². The summed E-state index contributed by atoms with van der Waals surface area (Å²) in [6.07, 6.45) is 21.3. The molecule has 2 aliphatic heterocycles. The van der Waals surface area contributed by atoms with Gasteiger partial charge in [-0.25, -0.2) is 19.6 Å². The number of imidazole rings is 2. The van der Waals surface area contributed by atoms with E-state index in [-0.39, 0.29) is 36.0 Å². The first kappa shape index (κ1) is 48.1. The molecule has 0 spiro atoms. The second-order valence-corrected chi connectivity index (χ2v) is 21.5. The molecule has 4 fully saturated rings. The molecule has 2 aromatic carbocycles. The molecule has 2 aromatic heterocycles. The standard InChI is InChI=1S/C52H68N8O6S2/c1-65-51(63)57-39(21-23-67-3)49(61)59-43-11-7-5-9-35(43)27-45(59)47-53-29-41(55-47)37-25-34-20-18-32-15-13-31(14-16-32)17-19-33(37)26-38(34)42-30-54-48(56-42)46-28-36-10-6-8-12-44(36)60(46)50(62)40(22-24-68-4)58-52(64)66-2/h13-16,25-26,29-30,35-36,39-40,43-46H,5-12,17-24,27-28H2,1-4H3,(H,53,55)(H,54,56)(H,57,63)(H,58,64)/t35?,36?,39-,40-,43?,44?,45-,46-/m0/s1. The van der Waals surface area contributed by atoms with Crippen molar-refractivity contribution in [3.8, 4) is 22.5 Å². The molecule has 16 heteroatoms. The molecule has 8 atom stereocenters. The molecule has 4 heterocycles. The van der Waals surface area contributed by atoms with Crippen LogP contribution in [0.5, 0.6) is 0 Å². The average molecular weight is 965 g/mol. The van der Waals surface area contributed by atoms with Gasteiger partial charge in [-0.15, -0.1) is 0 Å². The molecule has 4 unspecified atom stereocenters. The fourth-order valence-corrected chi connectivity index (χ4v) is 13.0. The summed E-state index contributed by atoms with van der Waals surface area (Å²) in [4.78, 5) is 76.3. The lowest BCUT2D eigenvalue weighted by atomic mass is 9.84. The second-order valence-electron chi connectivity index (χ2n) is 19.5.